The Morgan fingerprint density at radius 2 is 1.72 bits per heavy atom. The summed E-state index contributed by atoms with van der Waals surface area (Å²) in [5.41, 5.74) is 4.19. The number of likely N-dealkylation sites (N-methyl/N-ethyl adjacent to an activating group) is 1. The average molecular weight is 593 g/mol. The van der Waals surface area contributed by atoms with E-state index in [9.17, 15) is 9.90 Å². The third kappa shape index (κ3) is 8.14. The first-order chi connectivity index (χ1) is 18.6. The first-order valence-electron chi connectivity index (χ1n) is 12.7. The molecule has 1 saturated heterocycles. The Balaban J connectivity index is 1.51. The second kappa shape index (κ2) is 13.4. The highest BCUT2D eigenvalue weighted by Crippen LogP contribution is 2.42. The van der Waals surface area contributed by atoms with Crippen molar-refractivity contribution in [2.24, 2.45) is 5.92 Å². The molecule has 1 aromatic heterocycles. The number of benzene rings is 2. The van der Waals surface area contributed by atoms with Crippen LogP contribution in [0.15, 0.2) is 72.9 Å². The average Bonchev–Trinajstić information content (AvgIpc) is 2.93. The van der Waals surface area contributed by atoms with Crippen molar-refractivity contribution in [2.75, 3.05) is 25.5 Å². The van der Waals surface area contributed by atoms with Crippen LogP contribution in [-0.4, -0.2) is 50.9 Å². The maximum atomic E-state index is 12.0. The summed E-state index contributed by atoms with van der Waals surface area (Å²) >= 11 is 17.0. The van der Waals surface area contributed by atoms with Crippen molar-refractivity contribution >= 4 is 46.4 Å². The highest BCUT2D eigenvalue weighted by Gasteiger charge is 2.39. The Morgan fingerprint density at radius 1 is 1.03 bits per heavy atom. The zero-order valence-electron chi connectivity index (χ0n) is 21.8. The van der Waals surface area contributed by atoms with Gasteiger partial charge in [-0.1, -0.05) is 84.2 Å². The van der Waals surface area contributed by atoms with E-state index in [2.05, 4.69) is 29.2 Å². The van der Waals surface area contributed by atoms with E-state index in [4.69, 9.17) is 44.3 Å². The molecule has 0 aliphatic carbocycles. The second-order valence-corrected chi connectivity index (χ2v) is 12.0. The number of amides is 1. The van der Waals surface area contributed by atoms with E-state index in [0.29, 0.717) is 12.2 Å². The molecule has 0 spiro atoms. The molecule has 208 valence electrons. The number of hydrogen-bond donors (Lipinski definition) is 2. The number of nitrogens with zero attached hydrogens (tertiary/aromatic N) is 2. The Hall–Kier alpha value is -2.23. The van der Waals surface area contributed by atoms with Gasteiger partial charge in [-0.3, -0.25) is 9.78 Å². The number of aliphatic hydroxyl groups is 1. The third-order valence-corrected chi connectivity index (χ3v) is 7.30. The smallest absolute Gasteiger partial charge is 0.276 e. The van der Waals surface area contributed by atoms with Gasteiger partial charge in [0.05, 0.1) is 18.8 Å². The number of anilines is 1. The van der Waals surface area contributed by atoms with Crippen molar-refractivity contribution in [3.05, 3.63) is 95.3 Å². The van der Waals surface area contributed by atoms with Crippen LogP contribution in [0.3, 0.4) is 0 Å². The van der Waals surface area contributed by atoms with Gasteiger partial charge in [-0.2, -0.15) is 0 Å². The van der Waals surface area contributed by atoms with Gasteiger partial charge in [-0.05, 0) is 42.4 Å². The largest absolute Gasteiger partial charge is 0.392 e. The van der Waals surface area contributed by atoms with Crippen LogP contribution in [0.1, 0.15) is 41.7 Å². The molecule has 2 heterocycles. The summed E-state index contributed by atoms with van der Waals surface area (Å²) in [7, 11) is 2.08. The molecule has 1 amide bonds. The normalized spacial score (nSPS) is 21.6. The minimum absolute atomic E-state index is 0.0159. The molecule has 0 radical (unpaired) electrons. The number of pyridine rings is 1. The summed E-state index contributed by atoms with van der Waals surface area (Å²) in [5.74, 6) is -0.680. The summed E-state index contributed by atoms with van der Waals surface area (Å²) in [6.07, 6.45) is 1.67. The van der Waals surface area contributed by atoms with Gasteiger partial charge in [-0.25, -0.2) is 0 Å². The maximum Gasteiger partial charge on any atom is 0.276 e. The lowest BCUT2D eigenvalue weighted by atomic mass is 9.90. The van der Waals surface area contributed by atoms with E-state index >= 15 is 0 Å². The van der Waals surface area contributed by atoms with Crippen LogP contribution >= 0.6 is 34.8 Å². The summed E-state index contributed by atoms with van der Waals surface area (Å²) in [5, 5.41) is 12.0. The quantitative estimate of drug-likeness (QED) is 0.304. The number of nitrogens with one attached hydrogen (secondary N) is 1. The van der Waals surface area contributed by atoms with Gasteiger partial charge in [0.25, 0.3) is 9.70 Å². The molecule has 4 rings (SSSR count). The molecule has 3 aromatic rings. The van der Waals surface area contributed by atoms with Gasteiger partial charge < -0.3 is 24.8 Å². The summed E-state index contributed by atoms with van der Waals surface area (Å²) < 4.78 is 10.9. The molecule has 39 heavy (non-hydrogen) atoms. The van der Waals surface area contributed by atoms with Crippen LogP contribution < -0.4 is 5.32 Å². The van der Waals surface area contributed by atoms with Crippen molar-refractivity contribution in [2.45, 2.75) is 42.2 Å². The van der Waals surface area contributed by atoms with Crippen molar-refractivity contribution in [1.82, 2.24) is 9.88 Å². The van der Waals surface area contributed by atoms with E-state index < -0.39 is 16.0 Å². The maximum absolute atomic E-state index is 12.0. The Kier molecular flexibility index (Phi) is 10.2. The number of alkyl halides is 3. The van der Waals surface area contributed by atoms with Crippen LogP contribution in [0.25, 0.3) is 0 Å². The number of carbonyl (C=O) groups excluding carboxylic acids is 1. The highest BCUT2D eigenvalue weighted by atomic mass is 35.6. The number of ether oxygens (including phenoxy) is 2. The summed E-state index contributed by atoms with van der Waals surface area (Å²) in [4.78, 5) is 18.7. The standard InChI is InChI=1S/C29H32Cl3N3O4/c1-19-25(17-35(2)16-14-23-5-3-4-15-33-23)38-27(39-26(19)21-8-6-20(18-36)7-9-21)22-10-12-24(13-11-22)34-28(37)29(30,31)32/h3-13,15,19,25-27,36H,14,16-18H2,1-2H3,(H,34,37)/t19-,25+,26+,27+/m0/s1. The fourth-order valence-electron chi connectivity index (χ4n) is 4.50. The number of hydrogen-bond acceptors (Lipinski definition) is 6. The number of aromatic nitrogens is 1. The van der Waals surface area contributed by atoms with Crippen molar-refractivity contribution in [3.63, 3.8) is 0 Å². The van der Waals surface area contributed by atoms with Crippen molar-refractivity contribution in [3.8, 4) is 0 Å². The molecule has 1 aliphatic heterocycles. The van der Waals surface area contributed by atoms with E-state index in [1.807, 2.05) is 60.8 Å². The zero-order valence-corrected chi connectivity index (χ0v) is 24.0. The van der Waals surface area contributed by atoms with Gasteiger partial charge in [0.2, 0.25) is 0 Å². The predicted molar refractivity (Wildman–Crippen MR) is 154 cm³/mol. The van der Waals surface area contributed by atoms with Crippen molar-refractivity contribution in [1.29, 1.82) is 0 Å². The van der Waals surface area contributed by atoms with Gasteiger partial charge in [0.1, 0.15) is 0 Å². The lowest BCUT2D eigenvalue weighted by Crippen LogP contribution is -2.43. The van der Waals surface area contributed by atoms with Crippen LogP contribution in [0.5, 0.6) is 0 Å². The second-order valence-electron chi connectivity index (χ2n) is 9.73. The van der Waals surface area contributed by atoms with Gasteiger partial charge >= 0.3 is 0 Å². The molecule has 10 heteroatoms. The lowest BCUT2D eigenvalue weighted by molar-refractivity contribution is -0.275. The van der Waals surface area contributed by atoms with Gasteiger partial charge in [0, 0.05) is 48.6 Å². The molecule has 0 saturated carbocycles. The molecule has 0 bridgehead atoms. The minimum Gasteiger partial charge on any atom is -0.392 e. The highest BCUT2D eigenvalue weighted by molar-refractivity contribution is 6.76. The molecule has 1 aliphatic rings. The Bertz CT molecular complexity index is 1210. The molecular weight excluding hydrogens is 561 g/mol. The van der Waals surface area contributed by atoms with Crippen LogP contribution in [0, 0.1) is 5.92 Å². The molecular formula is C29H32Cl3N3O4. The first kappa shape index (κ1) is 29.7. The fourth-order valence-corrected chi connectivity index (χ4v) is 4.65. The molecule has 2 aromatic carbocycles. The summed E-state index contributed by atoms with van der Waals surface area (Å²) in [6, 6.07) is 20.8. The Labute approximate surface area is 244 Å². The number of halogens is 3. The predicted octanol–water partition coefficient (Wildman–Crippen LogP) is 5.85. The van der Waals surface area contributed by atoms with E-state index in [0.717, 1.165) is 35.3 Å². The molecule has 2 N–H and O–H groups in total. The molecule has 7 nitrogen and oxygen atoms in total. The summed E-state index contributed by atoms with van der Waals surface area (Å²) in [6.45, 7) is 3.66. The molecule has 4 atom stereocenters. The topological polar surface area (TPSA) is 83.9 Å². The lowest BCUT2D eigenvalue weighted by Gasteiger charge is -2.42. The van der Waals surface area contributed by atoms with E-state index in [-0.39, 0.29) is 24.7 Å². The third-order valence-electron chi connectivity index (χ3n) is 6.79. The zero-order chi connectivity index (χ0) is 28.0. The minimum atomic E-state index is -2.06. The van der Waals surface area contributed by atoms with Gasteiger partial charge in [-0.15, -0.1) is 0 Å². The van der Waals surface area contributed by atoms with E-state index in [1.54, 1.807) is 12.1 Å². The van der Waals surface area contributed by atoms with E-state index in [1.165, 1.54) is 0 Å². The molecule has 0 unspecified atom stereocenters. The van der Waals surface area contributed by atoms with Gasteiger partial charge in [0.15, 0.2) is 6.29 Å². The number of carbonyl (C=O) groups is 1. The number of aliphatic hydroxyl groups excluding tert-OH is 1. The monoisotopic (exact) mass is 591 g/mol. The fraction of sp³-hybridized carbons (Fsp3) is 0.379. The van der Waals surface area contributed by atoms with Crippen LogP contribution in [-0.2, 0) is 27.3 Å². The van der Waals surface area contributed by atoms with Crippen LogP contribution in [0.4, 0.5) is 5.69 Å². The Morgan fingerprint density at radius 3 is 2.33 bits per heavy atom. The molecule has 1 fully saturated rings. The number of rotatable bonds is 9. The van der Waals surface area contributed by atoms with Crippen LogP contribution in [0.2, 0.25) is 0 Å². The van der Waals surface area contributed by atoms with Crippen molar-refractivity contribution < 1.29 is 19.4 Å². The first-order valence-corrected chi connectivity index (χ1v) is 13.8. The SMILES string of the molecule is C[C@H]1[C@@H](CN(C)CCc2ccccn2)O[C@@H](c2ccc(NC(=O)C(Cl)(Cl)Cl)cc2)O[C@H]1c1ccc(CO)cc1.